The summed E-state index contributed by atoms with van der Waals surface area (Å²) in [6.45, 7) is 8.93. The van der Waals surface area contributed by atoms with E-state index in [-0.39, 0.29) is 12.0 Å². The van der Waals surface area contributed by atoms with Crippen molar-refractivity contribution in [2.45, 2.75) is 26.5 Å². The third-order valence-corrected chi connectivity index (χ3v) is 5.70. The van der Waals surface area contributed by atoms with Crippen molar-refractivity contribution >= 4 is 11.7 Å². The lowest BCUT2D eigenvalue weighted by atomic mass is 10.2. The van der Waals surface area contributed by atoms with Gasteiger partial charge in [0.25, 0.3) is 0 Å². The van der Waals surface area contributed by atoms with Crippen LogP contribution >= 0.6 is 0 Å². The Morgan fingerprint density at radius 1 is 1.20 bits per heavy atom. The fourth-order valence-corrected chi connectivity index (χ4v) is 4.13. The molecule has 0 aliphatic carbocycles. The summed E-state index contributed by atoms with van der Waals surface area (Å²) in [5.74, 6) is 2.80. The van der Waals surface area contributed by atoms with Crippen molar-refractivity contribution in [2.75, 3.05) is 51.3 Å². The van der Waals surface area contributed by atoms with Crippen molar-refractivity contribution in [1.29, 1.82) is 0 Å². The van der Waals surface area contributed by atoms with Gasteiger partial charge in [0.15, 0.2) is 0 Å². The van der Waals surface area contributed by atoms with Crippen LogP contribution in [0.25, 0.3) is 0 Å². The Bertz CT molecular complexity index is 896. The van der Waals surface area contributed by atoms with Gasteiger partial charge in [-0.05, 0) is 32.0 Å². The Hall–Kier alpha value is -2.80. The molecule has 1 atom stereocenters. The molecule has 1 saturated heterocycles. The molecule has 3 heterocycles. The number of aryl methyl sites for hydroxylation is 1. The number of nitrogens with zero attached hydrogens (tertiary/aromatic N) is 4. The van der Waals surface area contributed by atoms with Crippen molar-refractivity contribution in [3.05, 3.63) is 47.7 Å². The molecule has 0 bridgehead atoms. The molecular weight excluding hydrogens is 380 g/mol. The van der Waals surface area contributed by atoms with Crippen LogP contribution in [0.2, 0.25) is 0 Å². The Kier molecular flexibility index (Phi) is 6.08. The van der Waals surface area contributed by atoms with Crippen LogP contribution in [0.1, 0.15) is 18.2 Å². The van der Waals surface area contributed by atoms with Gasteiger partial charge in [-0.2, -0.15) is 0 Å². The maximum Gasteiger partial charge on any atom is 0.236 e. The van der Waals surface area contributed by atoms with Crippen LogP contribution in [0.4, 0.5) is 5.82 Å². The summed E-state index contributed by atoms with van der Waals surface area (Å²) in [5, 5.41) is 0. The number of benzene rings is 1. The molecule has 1 fully saturated rings. The number of ether oxygens (including phenoxy) is 2. The molecule has 30 heavy (non-hydrogen) atoms. The number of amides is 1. The third kappa shape index (κ3) is 4.67. The fourth-order valence-electron chi connectivity index (χ4n) is 4.13. The number of anilines is 1. The monoisotopic (exact) mass is 410 g/mol. The summed E-state index contributed by atoms with van der Waals surface area (Å²) in [7, 11) is 1.65. The fraction of sp³-hybridized carbons (Fsp3) is 0.478. The van der Waals surface area contributed by atoms with Crippen LogP contribution in [0, 0.1) is 6.92 Å². The van der Waals surface area contributed by atoms with Crippen LogP contribution in [-0.2, 0) is 11.3 Å². The molecular formula is C23H30N4O3. The van der Waals surface area contributed by atoms with E-state index >= 15 is 0 Å². The number of fused-ring (bicyclic) bond motifs is 1. The first-order valence-electron chi connectivity index (χ1n) is 10.5. The van der Waals surface area contributed by atoms with Crippen LogP contribution in [0.5, 0.6) is 11.5 Å². The van der Waals surface area contributed by atoms with Gasteiger partial charge in [-0.15, -0.1) is 0 Å². The second kappa shape index (κ2) is 8.92. The van der Waals surface area contributed by atoms with Gasteiger partial charge in [-0.3, -0.25) is 9.69 Å². The van der Waals surface area contributed by atoms with E-state index < -0.39 is 0 Å². The summed E-state index contributed by atoms with van der Waals surface area (Å²) in [4.78, 5) is 24.0. The molecule has 0 N–H and O–H groups in total. The quantitative estimate of drug-likeness (QED) is 0.771. The highest BCUT2D eigenvalue weighted by Crippen LogP contribution is 2.29. The van der Waals surface area contributed by atoms with Gasteiger partial charge >= 0.3 is 0 Å². The number of piperazine rings is 1. The number of hydrogen-bond acceptors (Lipinski definition) is 6. The van der Waals surface area contributed by atoms with Crippen molar-refractivity contribution in [1.82, 2.24) is 14.8 Å². The molecule has 2 aromatic rings. The van der Waals surface area contributed by atoms with Gasteiger partial charge in [0.2, 0.25) is 5.91 Å². The topological polar surface area (TPSA) is 58.1 Å². The maximum absolute atomic E-state index is 13.0. The van der Waals surface area contributed by atoms with Gasteiger partial charge < -0.3 is 19.3 Å². The largest absolute Gasteiger partial charge is 0.497 e. The number of carbonyl (C=O) groups excluding carboxylic acids is 1. The number of aromatic nitrogens is 1. The molecule has 1 aromatic heterocycles. The molecule has 2 aliphatic heterocycles. The molecule has 4 rings (SSSR count). The minimum atomic E-state index is 0.00963. The lowest BCUT2D eigenvalue weighted by Gasteiger charge is -2.36. The standard InChI is InChI=1S/C23H30N4O3/c1-17-5-4-6-22(24-17)26-9-11-27(12-10-26)23(28)16-25-14-18(2)30-21-13-20(29-3)8-7-19(21)15-25/h4-8,13,18H,9-12,14-16H2,1-3H3. The number of methoxy groups -OCH3 is 1. The Labute approximate surface area is 178 Å². The zero-order valence-corrected chi connectivity index (χ0v) is 18.0. The second-order valence-electron chi connectivity index (χ2n) is 8.08. The Balaban J connectivity index is 1.35. The minimum Gasteiger partial charge on any atom is -0.497 e. The van der Waals surface area contributed by atoms with Gasteiger partial charge in [0.1, 0.15) is 23.4 Å². The first kappa shape index (κ1) is 20.5. The van der Waals surface area contributed by atoms with E-state index in [1.165, 1.54) is 0 Å². The first-order valence-corrected chi connectivity index (χ1v) is 10.5. The summed E-state index contributed by atoms with van der Waals surface area (Å²) >= 11 is 0. The highest BCUT2D eigenvalue weighted by Gasteiger charge is 2.26. The van der Waals surface area contributed by atoms with Crippen molar-refractivity contribution < 1.29 is 14.3 Å². The molecule has 0 spiro atoms. The SMILES string of the molecule is COc1ccc2c(c1)OC(C)CN(CC(=O)N1CCN(c3cccc(C)n3)CC1)C2. The Morgan fingerprint density at radius 2 is 2.00 bits per heavy atom. The highest BCUT2D eigenvalue weighted by molar-refractivity contribution is 5.78. The molecule has 7 nitrogen and oxygen atoms in total. The van der Waals surface area contributed by atoms with E-state index in [4.69, 9.17) is 9.47 Å². The zero-order chi connectivity index (χ0) is 21.1. The van der Waals surface area contributed by atoms with E-state index in [2.05, 4.69) is 14.8 Å². The lowest BCUT2D eigenvalue weighted by Crippen LogP contribution is -2.51. The van der Waals surface area contributed by atoms with Crippen LogP contribution < -0.4 is 14.4 Å². The average Bonchev–Trinajstić information content (AvgIpc) is 2.90. The highest BCUT2D eigenvalue weighted by atomic mass is 16.5. The predicted octanol–water partition coefficient (Wildman–Crippen LogP) is 2.33. The molecule has 0 saturated carbocycles. The van der Waals surface area contributed by atoms with Gasteiger partial charge in [-0.1, -0.05) is 12.1 Å². The zero-order valence-electron chi connectivity index (χ0n) is 18.0. The average molecular weight is 411 g/mol. The van der Waals surface area contributed by atoms with Crippen molar-refractivity contribution in [3.63, 3.8) is 0 Å². The van der Waals surface area contributed by atoms with Gasteiger partial charge in [0.05, 0.1) is 13.7 Å². The van der Waals surface area contributed by atoms with E-state index in [1.807, 2.05) is 55.1 Å². The summed E-state index contributed by atoms with van der Waals surface area (Å²) in [6.07, 6.45) is 0.00963. The number of pyridine rings is 1. The van der Waals surface area contributed by atoms with Crippen molar-refractivity contribution in [3.8, 4) is 11.5 Å². The number of carbonyl (C=O) groups is 1. The number of rotatable bonds is 4. The molecule has 2 aliphatic rings. The van der Waals surface area contributed by atoms with Crippen LogP contribution in [-0.4, -0.2) is 73.2 Å². The predicted molar refractivity (Wildman–Crippen MR) is 116 cm³/mol. The first-order chi connectivity index (χ1) is 14.5. The summed E-state index contributed by atoms with van der Waals surface area (Å²) in [6, 6.07) is 12.0. The normalized spacial score (nSPS) is 19.6. The molecule has 7 heteroatoms. The number of hydrogen-bond donors (Lipinski definition) is 0. The summed E-state index contributed by atoms with van der Waals surface area (Å²) in [5.41, 5.74) is 2.10. The molecule has 1 aromatic carbocycles. The van der Waals surface area contributed by atoms with E-state index in [9.17, 15) is 4.79 Å². The summed E-state index contributed by atoms with van der Waals surface area (Å²) < 4.78 is 11.4. The second-order valence-corrected chi connectivity index (χ2v) is 8.08. The molecule has 1 amide bonds. The smallest absolute Gasteiger partial charge is 0.236 e. The van der Waals surface area contributed by atoms with E-state index in [0.717, 1.165) is 61.3 Å². The van der Waals surface area contributed by atoms with Gasteiger partial charge in [-0.25, -0.2) is 4.98 Å². The van der Waals surface area contributed by atoms with E-state index in [0.29, 0.717) is 13.1 Å². The Morgan fingerprint density at radius 3 is 2.73 bits per heavy atom. The molecule has 160 valence electrons. The third-order valence-electron chi connectivity index (χ3n) is 5.70. The minimum absolute atomic E-state index is 0.00963. The van der Waals surface area contributed by atoms with Crippen LogP contribution in [0.15, 0.2) is 36.4 Å². The maximum atomic E-state index is 13.0. The molecule has 1 unspecified atom stereocenters. The van der Waals surface area contributed by atoms with Crippen LogP contribution in [0.3, 0.4) is 0 Å². The molecule has 0 radical (unpaired) electrons. The van der Waals surface area contributed by atoms with Gasteiger partial charge in [0, 0.05) is 56.6 Å². The van der Waals surface area contributed by atoms with Crippen molar-refractivity contribution in [2.24, 2.45) is 0 Å². The van der Waals surface area contributed by atoms with E-state index in [1.54, 1.807) is 7.11 Å². The lowest BCUT2D eigenvalue weighted by molar-refractivity contribution is -0.133.